The average Bonchev–Trinajstić information content (AvgIpc) is 2.77. The van der Waals surface area contributed by atoms with Gasteiger partial charge >= 0.3 is 0 Å². The number of nitrogens with two attached hydrogens (primary N) is 1. The molecule has 0 radical (unpaired) electrons. The molecule has 0 amide bonds. The molecule has 0 bridgehead atoms. The molecule has 0 spiro atoms. The zero-order chi connectivity index (χ0) is 14.9. The smallest absolute Gasteiger partial charge is 0.241 e. The Morgan fingerprint density at radius 1 is 1.45 bits per heavy atom. The molecule has 20 heavy (non-hydrogen) atoms. The molecule has 0 aliphatic carbocycles. The molecule has 0 aliphatic heterocycles. The van der Waals surface area contributed by atoms with Crippen molar-refractivity contribution in [2.24, 2.45) is 7.05 Å². The third-order valence-corrected chi connectivity index (χ3v) is 5.03. The van der Waals surface area contributed by atoms with E-state index in [9.17, 15) is 8.42 Å². The Bertz CT molecular complexity index is 740. The van der Waals surface area contributed by atoms with Gasteiger partial charge in [0.1, 0.15) is 0 Å². The number of nitrogen functional groups attached to an aromatic ring is 1. The van der Waals surface area contributed by atoms with Gasteiger partial charge in [-0.15, -0.1) is 0 Å². The second-order valence-electron chi connectivity index (χ2n) is 4.44. The Morgan fingerprint density at radius 2 is 2.15 bits per heavy atom. The van der Waals surface area contributed by atoms with Crippen LogP contribution < -0.4 is 10.5 Å². The lowest BCUT2D eigenvalue weighted by atomic mass is 10.2. The van der Waals surface area contributed by atoms with Gasteiger partial charge in [-0.25, -0.2) is 13.1 Å². The van der Waals surface area contributed by atoms with Crippen molar-refractivity contribution >= 4 is 31.6 Å². The first kappa shape index (κ1) is 15.0. The topological polar surface area (TPSA) is 90.0 Å². The summed E-state index contributed by atoms with van der Waals surface area (Å²) in [5.41, 5.74) is 7.40. The molecule has 0 fully saturated rings. The normalized spacial score (nSPS) is 11.8. The first-order chi connectivity index (χ1) is 9.29. The van der Waals surface area contributed by atoms with E-state index in [1.165, 1.54) is 6.07 Å². The molecule has 2 aromatic rings. The van der Waals surface area contributed by atoms with E-state index >= 15 is 0 Å². The fraction of sp³-hybridized carbons (Fsp3) is 0.250. The quantitative estimate of drug-likeness (QED) is 0.811. The number of aryl methyl sites for hydroxylation is 2. The number of rotatable bonds is 4. The number of benzene rings is 1. The third-order valence-electron chi connectivity index (χ3n) is 2.80. The highest BCUT2D eigenvalue weighted by Crippen LogP contribution is 2.26. The van der Waals surface area contributed by atoms with Crippen LogP contribution >= 0.6 is 15.9 Å². The lowest BCUT2D eigenvalue weighted by Gasteiger charge is -2.10. The van der Waals surface area contributed by atoms with Crippen molar-refractivity contribution in [1.82, 2.24) is 14.5 Å². The summed E-state index contributed by atoms with van der Waals surface area (Å²) in [4.78, 5) is 0.175. The van der Waals surface area contributed by atoms with Gasteiger partial charge in [0.15, 0.2) is 0 Å². The van der Waals surface area contributed by atoms with Crippen molar-refractivity contribution in [2.45, 2.75) is 18.4 Å². The highest BCUT2D eigenvalue weighted by Gasteiger charge is 2.18. The van der Waals surface area contributed by atoms with Crippen LogP contribution in [0.3, 0.4) is 0 Å². The standard InChI is InChI=1S/C12H15BrN4O2S/c1-8-5-10(13)11(14)6-12(8)20(18,19)15-7-9-3-4-17(2)16-9/h3-6,15H,7,14H2,1-2H3. The average molecular weight is 359 g/mol. The molecule has 0 unspecified atom stereocenters. The number of nitrogens with one attached hydrogen (secondary N) is 1. The summed E-state index contributed by atoms with van der Waals surface area (Å²) >= 11 is 3.27. The fourth-order valence-corrected chi connectivity index (χ4v) is 3.48. The minimum atomic E-state index is -3.62. The summed E-state index contributed by atoms with van der Waals surface area (Å²) in [6, 6.07) is 4.89. The molecule has 0 aliphatic rings. The molecule has 108 valence electrons. The van der Waals surface area contributed by atoms with E-state index in [1.807, 2.05) is 0 Å². The van der Waals surface area contributed by atoms with E-state index in [1.54, 1.807) is 37.0 Å². The van der Waals surface area contributed by atoms with Crippen molar-refractivity contribution in [3.8, 4) is 0 Å². The Balaban J connectivity index is 2.24. The molecule has 2 rings (SSSR count). The minimum Gasteiger partial charge on any atom is -0.398 e. The van der Waals surface area contributed by atoms with Gasteiger partial charge in [0, 0.05) is 23.4 Å². The van der Waals surface area contributed by atoms with Crippen LogP contribution in [-0.4, -0.2) is 18.2 Å². The molecule has 3 N–H and O–H groups in total. The SMILES string of the molecule is Cc1cc(Br)c(N)cc1S(=O)(=O)NCc1ccn(C)n1. The van der Waals surface area contributed by atoms with Gasteiger partial charge in [0.25, 0.3) is 0 Å². The number of sulfonamides is 1. The number of hydrogen-bond acceptors (Lipinski definition) is 4. The monoisotopic (exact) mass is 358 g/mol. The molecule has 0 saturated heterocycles. The van der Waals surface area contributed by atoms with E-state index in [0.29, 0.717) is 21.4 Å². The summed E-state index contributed by atoms with van der Waals surface area (Å²) in [7, 11) is -1.84. The van der Waals surface area contributed by atoms with Gasteiger partial charge in [0.05, 0.1) is 17.1 Å². The third kappa shape index (κ3) is 3.20. The molecule has 1 aromatic carbocycles. The van der Waals surface area contributed by atoms with Gasteiger partial charge in [-0.3, -0.25) is 4.68 Å². The molecule has 8 heteroatoms. The number of hydrogen-bond donors (Lipinski definition) is 2. The number of halogens is 1. The molecule has 6 nitrogen and oxygen atoms in total. The number of anilines is 1. The van der Waals surface area contributed by atoms with Crippen molar-refractivity contribution < 1.29 is 8.42 Å². The summed E-state index contributed by atoms with van der Waals surface area (Å²) in [5, 5.41) is 4.12. The fourth-order valence-electron chi connectivity index (χ4n) is 1.76. The predicted octanol–water partition coefficient (Wildman–Crippen LogP) is 1.55. The van der Waals surface area contributed by atoms with Crippen LogP contribution in [0.5, 0.6) is 0 Å². The lowest BCUT2D eigenvalue weighted by Crippen LogP contribution is -2.24. The van der Waals surface area contributed by atoms with Gasteiger partial charge in [-0.2, -0.15) is 5.10 Å². The van der Waals surface area contributed by atoms with E-state index in [-0.39, 0.29) is 11.4 Å². The molecular weight excluding hydrogens is 344 g/mol. The Hall–Kier alpha value is -1.38. The molecule has 0 atom stereocenters. The van der Waals surface area contributed by atoms with Crippen LogP contribution in [0.15, 0.2) is 33.8 Å². The number of aromatic nitrogens is 2. The Kier molecular flexibility index (Phi) is 4.17. The maximum absolute atomic E-state index is 12.3. The summed E-state index contributed by atoms with van der Waals surface area (Å²) in [6.45, 7) is 1.86. The molecular formula is C12H15BrN4O2S. The summed E-state index contributed by atoms with van der Waals surface area (Å²) in [5.74, 6) is 0. The second-order valence-corrected chi connectivity index (χ2v) is 7.03. The predicted molar refractivity (Wildman–Crippen MR) is 80.5 cm³/mol. The summed E-state index contributed by atoms with van der Waals surface area (Å²) < 4.78 is 29.4. The van der Waals surface area contributed by atoms with E-state index in [4.69, 9.17) is 5.73 Å². The maximum Gasteiger partial charge on any atom is 0.241 e. The van der Waals surface area contributed by atoms with Crippen LogP contribution in [0.2, 0.25) is 0 Å². The van der Waals surface area contributed by atoms with Gasteiger partial charge < -0.3 is 5.73 Å². The molecule has 1 aromatic heterocycles. The zero-order valence-electron chi connectivity index (χ0n) is 11.1. The van der Waals surface area contributed by atoms with Crippen LogP contribution in [0.1, 0.15) is 11.3 Å². The summed E-state index contributed by atoms with van der Waals surface area (Å²) in [6.07, 6.45) is 1.76. The first-order valence-electron chi connectivity index (χ1n) is 5.83. The Morgan fingerprint density at radius 3 is 2.75 bits per heavy atom. The first-order valence-corrected chi connectivity index (χ1v) is 8.11. The van der Waals surface area contributed by atoms with Crippen LogP contribution in [0, 0.1) is 6.92 Å². The van der Waals surface area contributed by atoms with Crippen molar-refractivity contribution in [3.05, 3.63) is 40.1 Å². The van der Waals surface area contributed by atoms with Crippen LogP contribution in [0.25, 0.3) is 0 Å². The van der Waals surface area contributed by atoms with E-state index in [2.05, 4.69) is 25.8 Å². The molecule has 0 saturated carbocycles. The van der Waals surface area contributed by atoms with Crippen molar-refractivity contribution in [1.29, 1.82) is 0 Å². The van der Waals surface area contributed by atoms with E-state index < -0.39 is 10.0 Å². The van der Waals surface area contributed by atoms with Crippen LogP contribution in [-0.2, 0) is 23.6 Å². The second kappa shape index (κ2) is 5.55. The largest absolute Gasteiger partial charge is 0.398 e. The maximum atomic E-state index is 12.3. The van der Waals surface area contributed by atoms with Gasteiger partial charge in [-0.1, -0.05) is 0 Å². The van der Waals surface area contributed by atoms with Crippen LogP contribution in [0.4, 0.5) is 5.69 Å². The Labute approximate surface area is 126 Å². The van der Waals surface area contributed by atoms with Crippen molar-refractivity contribution in [2.75, 3.05) is 5.73 Å². The minimum absolute atomic E-state index is 0.137. The van der Waals surface area contributed by atoms with Gasteiger partial charge in [-0.05, 0) is 46.6 Å². The highest BCUT2D eigenvalue weighted by molar-refractivity contribution is 9.10. The van der Waals surface area contributed by atoms with E-state index in [0.717, 1.165) is 0 Å². The molecule has 1 heterocycles. The lowest BCUT2D eigenvalue weighted by molar-refractivity contribution is 0.579. The zero-order valence-corrected chi connectivity index (χ0v) is 13.5. The highest BCUT2D eigenvalue weighted by atomic mass is 79.9. The number of nitrogens with zero attached hydrogens (tertiary/aromatic N) is 2. The van der Waals surface area contributed by atoms with Crippen molar-refractivity contribution in [3.63, 3.8) is 0 Å². The van der Waals surface area contributed by atoms with Gasteiger partial charge in [0.2, 0.25) is 10.0 Å².